The van der Waals surface area contributed by atoms with Crippen LogP contribution in [0.25, 0.3) is 0 Å². The van der Waals surface area contributed by atoms with Crippen molar-refractivity contribution in [2.45, 2.75) is 43.5 Å². The smallest absolute Gasteiger partial charge is 0.247 e. The molecule has 0 aromatic heterocycles. The van der Waals surface area contributed by atoms with E-state index in [2.05, 4.69) is 5.32 Å². The minimum absolute atomic E-state index is 0.174. The average Bonchev–Trinajstić information content (AvgIpc) is 3.04. The van der Waals surface area contributed by atoms with Crippen LogP contribution in [0.2, 0.25) is 0 Å². The first-order valence-corrected chi connectivity index (χ1v) is 13.8. The molecule has 10 heteroatoms. The molecule has 1 heterocycles. The molecule has 0 spiro atoms. The molecule has 1 amide bonds. The molecule has 3 rings (SSSR count). The van der Waals surface area contributed by atoms with Crippen molar-refractivity contribution in [1.82, 2.24) is 4.31 Å². The fourth-order valence-electron chi connectivity index (χ4n) is 3.77. The highest BCUT2D eigenvalue weighted by Crippen LogP contribution is 2.23. The number of amides is 1. The first kappa shape index (κ1) is 24.2. The van der Waals surface area contributed by atoms with E-state index in [9.17, 15) is 21.6 Å². The fourth-order valence-corrected chi connectivity index (χ4v) is 6.46. The quantitative estimate of drug-likeness (QED) is 0.657. The molecule has 1 aliphatic heterocycles. The molecular weight excluding hydrogens is 450 g/mol. The van der Waals surface area contributed by atoms with Gasteiger partial charge in [-0.2, -0.15) is 4.31 Å². The molecule has 0 saturated carbocycles. The lowest BCUT2D eigenvalue weighted by molar-refractivity contribution is -0.116. The third kappa shape index (κ3) is 5.67. The number of hydrogen-bond acceptors (Lipinski definition) is 5. The average molecular weight is 480 g/mol. The standard InChI is InChI=1S/C22H29N3O5S2/c1-18(25(31(2,27)28)20-10-6-5-7-11-20)22(26)23-19-12-14-21(15-13-19)32(29,30)24-16-8-3-4-9-17-24/h5-7,10-15,18H,3-4,8-9,16-17H2,1-2H3,(H,23,26). The van der Waals surface area contributed by atoms with Crippen LogP contribution in [0.5, 0.6) is 0 Å². The monoisotopic (exact) mass is 479 g/mol. The zero-order valence-corrected chi connectivity index (χ0v) is 19.9. The van der Waals surface area contributed by atoms with Gasteiger partial charge >= 0.3 is 0 Å². The van der Waals surface area contributed by atoms with Crippen LogP contribution in [0, 0.1) is 0 Å². The molecule has 0 aliphatic carbocycles. The predicted octanol–water partition coefficient (Wildman–Crippen LogP) is 3.04. The molecule has 1 N–H and O–H groups in total. The number of benzene rings is 2. The van der Waals surface area contributed by atoms with E-state index in [0.29, 0.717) is 24.5 Å². The van der Waals surface area contributed by atoms with Gasteiger partial charge in [0.2, 0.25) is 26.0 Å². The second kappa shape index (κ2) is 10.0. The SMILES string of the molecule is CC(C(=O)Nc1ccc(S(=O)(=O)N2CCCCCC2)cc1)N(c1ccccc1)S(C)(=O)=O. The van der Waals surface area contributed by atoms with Gasteiger partial charge in [0, 0.05) is 18.8 Å². The van der Waals surface area contributed by atoms with E-state index < -0.39 is 32.0 Å². The summed E-state index contributed by atoms with van der Waals surface area (Å²) in [7, 11) is -7.29. The Morgan fingerprint density at radius 1 is 0.906 bits per heavy atom. The van der Waals surface area contributed by atoms with Gasteiger partial charge in [0.25, 0.3) is 0 Å². The van der Waals surface area contributed by atoms with E-state index >= 15 is 0 Å². The maximum absolute atomic E-state index is 12.9. The summed E-state index contributed by atoms with van der Waals surface area (Å²) in [6.07, 6.45) is 4.81. The summed E-state index contributed by atoms with van der Waals surface area (Å²) >= 11 is 0. The third-order valence-electron chi connectivity index (χ3n) is 5.42. The first-order chi connectivity index (χ1) is 15.1. The lowest BCUT2D eigenvalue weighted by atomic mass is 10.2. The number of hydrogen-bond donors (Lipinski definition) is 1. The van der Waals surface area contributed by atoms with Crippen molar-refractivity contribution < 1.29 is 21.6 Å². The van der Waals surface area contributed by atoms with Crippen LogP contribution in [0.15, 0.2) is 59.5 Å². The molecule has 2 aromatic rings. The van der Waals surface area contributed by atoms with E-state index in [1.807, 2.05) is 0 Å². The van der Waals surface area contributed by atoms with E-state index in [0.717, 1.165) is 36.2 Å². The van der Waals surface area contributed by atoms with Crippen molar-refractivity contribution in [3.05, 3.63) is 54.6 Å². The molecule has 1 aliphatic rings. The van der Waals surface area contributed by atoms with E-state index in [1.165, 1.54) is 35.5 Å². The number of sulfonamides is 2. The normalized spacial score (nSPS) is 16.7. The number of anilines is 2. The summed E-state index contributed by atoms with van der Waals surface area (Å²) in [6, 6.07) is 13.3. The van der Waals surface area contributed by atoms with Crippen molar-refractivity contribution in [3.8, 4) is 0 Å². The Labute approximate surface area is 190 Å². The Balaban J connectivity index is 1.75. The molecule has 0 bridgehead atoms. The number of nitrogens with zero attached hydrogens (tertiary/aromatic N) is 2. The van der Waals surface area contributed by atoms with Crippen LogP contribution in [0.3, 0.4) is 0 Å². The molecule has 1 unspecified atom stereocenters. The number of carbonyl (C=O) groups excluding carboxylic acids is 1. The van der Waals surface area contributed by atoms with Crippen LogP contribution < -0.4 is 9.62 Å². The van der Waals surface area contributed by atoms with Gasteiger partial charge in [0.15, 0.2) is 0 Å². The summed E-state index contributed by atoms with van der Waals surface area (Å²) in [5.74, 6) is -0.526. The first-order valence-electron chi connectivity index (χ1n) is 10.6. The van der Waals surface area contributed by atoms with Crippen molar-refractivity contribution in [1.29, 1.82) is 0 Å². The minimum Gasteiger partial charge on any atom is -0.324 e. The summed E-state index contributed by atoms with van der Waals surface area (Å²) in [4.78, 5) is 13.0. The molecule has 0 radical (unpaired) electrons. The van der Waals surface area contributed by atoms with Crippen LogP contribution >= 0.6 is 0 Å². The van der Waals surface area contributed by atoms with Gasteiger partial charge in [-0.25, -0.2) is 16.8 Å². The lowest BCUT2D eigenvalue weighted by Gasteiger charge is -2.28. The van der Waals surface area contributed by atoms with E-state index in [4.69, 9.17) is 0 Å². The van der Waals surface area contributed by atoms with Gasteiger partial charge in [-0.15, -0.1) is 0 Å². The molecule has 1 fully saturated rings. The number of rotatable bonds is 7. The molecular formula is C22H29N3O5S2. The van der Waals surface area contributed by atoms with Gasteiger partial charge in [0.1, 0.15) is 6.04 Å². The Hall–Kier alpha value is -2.43. The molecule has 174 valence electrons. The largest absolute Gasteiger partial charge is 0.324 e. The topological polar surface area (TPSA) is 104 Å². The molecule has 32 heavy (non-hydrogen) atoms. The van der Waals surface area contributed by atoms with Crippen molar-refractivity contribution in [2.75, 3.05) is 29.0 Å². The van der Waals surface area contributed by atoms with Gasteiger partial charge in [-0.3, -0.25) is 9.10 Å². The van der Waals surface area contributed by atoms with Crippen LogP contribution in [-0.2, 0) is 24.8 Å². The number of nitrogens with one attached hydrogen (secondary N) is 1. The Morgan fingerprint density at radius 3 is 2.00 bits per heavy atom. The summed E-state index contributed by atoms with van der Waals surface area (Å²) in [5, 5.41) is 2.68. The summed E-state index contributed by atoms with van der Waals surface area (Å²) < 4.78 is 53.0. The van der Waals surface area contributed by atoms with E-state index in [1.54, 1.807) is 30.3 Å². The molecule has 8 nitrogen and oxygen atoms in total. The zero-order valence-electron chi connectivity index (χ0n) is 18.3. The van der Waals surface area contributed by atoms with Gasteiger partial charge in [-0.05, 0) is 56.2 Å². The molecule has 2 aromatic carbocycles. The molecule has 1 atom stereocenters. The Kier molecular flexibility index (Phi) is 7.58. The summed E-state index contributed by atoms with van der Waals surface area (Å²) in [6.45, 7) is 2.53. The highest BCUT2D eigenvalue weighted by Gasteiger charge is 2.29. The van der Waals surface area contributed by atoms with Crippen LogP contribution in [0.1, 0.15) is 32.6 Å². The predicted molar refractivity (Wildman–Crippen MR) is 126 cm³/mol. The molecule has 1 saturated heterocycles. The van der Waals surface area contributed by atoms with Crippen LogP contribution in [-0.4, -0.2) is 52.4 Å². The number of carbonyl (C=O) groups is 1. The second-order valence-corrected chi connectivity index (χ2v) is 11.7. The maximum atomic E-state index is 12.9. The third-order valence-corrected chi connectivity index (χ3v) is 8.58. The maximum Gasteiger partial charge on any atom is 0.247 e. The lowest BCUT2D eigenvalue weighted by Crippen LogP contribution is -2.45. The van der Waals surface area contributed by atoms with Gasteiger partial charge in [0.05, 0.1) is 16.8 Å². The second-order valence-electron chi connectivity index (χ2n) is 7.90. The Bertz CT molecular complexity index is 1130. The fraction of sp³-hybridized carbons (Fsp3) is 0.409. The summed E-state index contributed by atoms with van der Waals surface area (Å²) in [5.41, 5.74) is 0.773. The van der Waals surface area contributed by atoms with Gasteiger partial charge < -0.3 is 5.32 Å². The van der Waals surface area contributed by atoms with Crippen molar-refractivity contribution in [2.24, 2.45) is 0 Å². The highest BCUT2D eigenvalue weighted by atomic mass is 32.2. The van der Waals surface area contributed by atoms with E-state index in [-0.39, 0.29) is 4.90 Å². The van der Waals surface area contributed by atoms with Crippen molar-refractivity contribution >= 4 is 37.3 Å². The zero-order chi connectivity index (χ0) is 23.4. The van der Waals surface area contributed by atoms with Crippen LogP contribution in [0.4, 0.5) is 11.4 Å². The minimum atomic E-state index is -3.71. The van der Waals surface area contributed by atoms with Gasteiger partial charge in [-0.1, -0.05) is 31.0 Å². The Morgan fingerprint density at radius 2 is 1.47 bits per heavy atom. The van der Waals surface area contributed by atoms with Crippen molar-refractivity contribution in [3.63, 3.8) is 0 Å². The highest BCUT2D eigenvalue weighted by molar-refractivity contribution is 7.92. The number of para-hydroxylation sites is 1.